The smallest absolute Gasteiger partial charge is 0.325 e. The summed E-state index contributed by atoms with van der Waals surface area (Å²) in [4.78, 5) is 41.1. The molecule has 7 heteroatoms. The van der Waals surface area contributed by atoms with Crippen LogP contribution >= 0.6 is 11.3 Å². The minimum Gasteiger partial charge on any atom is -0.341 e. The van der Waals surface area contributed by atoms with Crippen molar-refractivity contribution in [1.29, 1.82) is 0 Å². The fourth-order valence-corrected chi connectivity index (χ4v) is 4.60. The fourth-order valence-electron chi connectivity index (χ4n) is 3.65. The molecule has 3 rings (SSSR count). The minimum atomic E-state index is -0.658. The van der Waals surface area contributed by atoms with E-state index in [9.17, 15) is 14.4 Å². The Bertz CT molecular complexity index is 679. The van der Waals surface area contributed by atoms with Gasteiger partial charge in [0.15, 0.2) is 0 Å². The van der Waals surface area contributed by atoms with Crippen LogP contribution in [-0.2, 0) is 16.1 Å². The summed E-state index contributed by atoms with van der Waals surface area (Å²) in [5.41, 5.74) is 0.542. The number of urea groups is 1. The van der Waals surface area contributed by atoms with Crippen LogP contribution in [-0.4, -0.2) is 46.8 Å². The highest BCUT2D eigenvalue weighted by Crippen LogP contribution is 2.35. The van der Waals surface area contributed by atoms with Crippen molar-refractivity contribution in [2.45, 2.75) is 57.5 Å². The van der Waals surface area contributed by atoms with E-state index in [-0.39, 0.29) is 17.8 Å². The molecule has 25 heavy (non-hydrogen) atoms. The van der Waals surface area contributed by atoms with Gasteiger partial charge in [-0.2, -0.15) is 0 Å². The lowest BCUT2D eigenvalue weighted by atomic mass is 9.98. The molecule has 0 unspecified atom stereocenters. The zero-order chi connectivity index (χ0) is 18.0. The number of imide groups is 1. The molecule has 1 aromatic rings. The molecule has 0 aromatic carbocycles. The normalized spacial score (nSPS) is 18.9. The predicted molar refractivity (Wildman–Crippen MR) is 96.2 cm³/mol. The third-order valence-corrected chi connectivity index (χ3v) is 6.26. The summed E-state index contributed by atoms with van der Waals surface area (Å²) in [6.07, 6.45) is 4.26. The van der Waals surface area contributed by atoms with Crippen molar-refractivity contribution in [2.75, 3.05) is 13.6 Å². The number of rotatable bonds is 6. The first-order valence-electron chi connectivity index (χ1n) is 8.84. The Morgan fingerprint density at radius 3 is 2.72 bits per heavy atom. The van der Waals surface area contributed by atoms with Gasteiger partial charge in [0.05, 0.1) is 6.54 Å². The lowest BCUT2D eigenvalue weighted by Gasteiger charge is -2.20. The van der Waals surface area contributed by atoms with Crippen LogP contribution in [0.2, 0.25) is 0 Å². The average Bonchev–Trinajstić information content (AvgIpc) is 3.25. The van der Waals surface area contributed by atoms with Crippen molar-refractivity contribution >= 4 is 29.2 Å². The predicted octanol–water partition coefficient (Wildman–Crippen LogP) is 2.66. The van der Waals surface area contributed by atoms with Crippen molar-refractivity contribution in [3.63, 3.8) is 0 Å². The van der Waals surface area contributed by atoms with Gasteiger partial charge in [-0.25, -0.2) is 4.79 Å². The van der Waals surface area contributed by atoms with Gasteiger partial charge in [-0.05, 0) is 43.2 Å². The van der Waals surface area contributed by atoms with Crippen LogP contribution in [0.5, 0.6) is 0 Å². The van der Waals surface area contributed by atoms with E-state index in [1.54, 1.807) is 23.3 Å². The molecule has 1 saturated carbocycles. The van der Waals surface area contributed by atoms with Gasteiger partial charge in [0.1, 0.15) is 5.54 Å². The van der Waals surface area contributed by atoms with Gasteiger partial charge in [0.2, 0.25) is 5.91 Å². The number of hydrogen-bond acceptors (Lipinski definition) is 4. The summed E-state index contributed by atoms with van der Waals surface area (Å²) in [6.45, 7) is 2.96. The second-order valence-electron chi connectivity index (χ2n) is 7.06. The van der Waals surface area contributed by atoms with E-state index >= 15 is 0 Å². The summed E-state index contributed by atoms with van der Waals surface area (Å²) < 4.78 is 0. The van der Waals surface area contributed by atoms with Crippen LogP contribution in [0.4, 0.5) is 4.79 Å². The number of hydrogen-bond donors (Lipinski definition) is 1. The number of carbonyl (C=O) groups excluding carboxylic acids is 3. The van der Waals surface area contributed by atoms with Crippen molar-refractivity contribution in [3.8, 4) is 0 Å². The minimum absolute atomic E-state index is 0.0374. The summed E-state index contributed by atoms with van der Waals surface area (Å²) in [5, 5.41) is 4.90. The molecule has 1 aliphatic heterocycles. The first-order chi connectivity index (χ1) is 11.9. The van der Waals surface area contributed by atoms with Gasteiger partial charge in [-0.1, -0.05) is 12.8 Å². The van der Waals surface area contributed by atoms with Crippen LogP contribution in [0.1, 0.15) is 49.0 Å². The molecule has 1 aliphatic carbocycles. The van der Waals surface area contributed by atoms with Crippen molar-refractivity contribution in [2.24, 2.45) is 0 Å². The van der Waals surface area contributed by atoms with E-state index < -0.39 is 5.54 Å². The highest BCUT2D eigenvalue weighted by Gasteiger charge is 2.52. The molecule has 2 heterocycles. The van der Waals surface area contributed by atoms with Crippen LogP contribution < -0.4 is 5.32 Å². The largest absolute Gasteiger partial charge is 0.341 e. The SMILES string of the molecule is Cc1ccsc1CN(C)C(=O)CCCN1C(=O)NC2(CCCC2)C1=O. The Morgan fingerprint density at radius 1 is 1.36 bits per heavy atom. The number of aryl methyl sites for hydroxylation is 1. The highest BCUT2D eigenvalue weighted by atomic mass is 32.1. The van der Waals surface area contributed by atoms with Gasteiger partial charge >= 0.3 is 6.03 Å². The quantitative estimate of drug-likeness (QED) is 0.790. The lowest BCUT2D eigenvalue weighted by molar-refractivity contribution is -0.133. The first kappa shape index (κ1) is 17.9. The standard InChI is InChI=1S/C18H25N3O3S/c1-13-7-11-25-14(13)12-20(2)15(22)6-5-10-21-16(23)18(19-17(21)24)8-3-4-9-18/h7,11H,3-6,8-10,12H2,1-2H3,(H,19,24). The van der Waals surface area contributed by atoms with Gasteiger partial charge in [-0.15, -0.1) is 11.3 Å². The average molecular weight is 363 g/mol. The molecule has 136 valence electrons. The van der Waals surface area contributed by atoms with Gasteiger partial charge in [0.25, 0.3) is 5.91 Å². The van der Waals surface area contributed by atoms with E-state index in [0.29, 0.717) is 25.9 Å². The van der Waals surface area contributed by atoms with Crippen molar-refractivity contribution in [1.82, 2.24) is 15.1 Å². The van der Waals surface area contributed by atoms with Crippen molar-refractivity contribution < 1.29 is 14.4 Å². The Balaban J connectivity index is 1.47. The summed E-state index contributed by atoms with van der Waals surface area (Å²) in [5.74, 6) is -0.0690. The summed E-state index contributed by atoms with van der Waals surface area (Å²) >= 11 is 1.65. The first-order valence-corrected chi connectivity index (χ1v) is 9.72. The van der Waals surface area contributed by atoms with E-state index in [2.05, 4.69) is 11.4 Å². The van der Waals surface area contributed by atoms with Crippen LogP contribution in [0.3, 0.4) is 0 Å². The van der Waals surface area contributed by atoms with Crippen LogP contribution in [0.25, 0.3) is 0 Å². The lowest BCUT2D eigenvalue weighted by Crippen LogP contribution is -2.44. The van der Waals surface area contributed by atoms with Gasteiger partial charge < -0.3 is 10.2 Å². The van der Waals surface area contributed by atoms with E-state index in [1.807, 2.05) is 12.3 Å². The maximum atomic E-state index is 12.5. The molecular formula is C18H25N3O3S. The molecule has 1 N–H and O–H groups in total. The topological polar surface area (TPSA) is 69.7 Å². The monoisotopic (exact) mass is 363 g/mol. The number of carbonyl (C=O) groups is 3. The Hall–Kier alpha value is -1.89. The maximum absolute atomic E-state index is 12.5. The molecule has 0 atom stereocenters. The molecule has 1 aromatic heterocycles. The molecule has 0 radical (unpaired) electrons. The molecule has 1 saturated heterocycles. The van der Waals surface area contributed by atoms with Crippen LogP contribution in [0, 0.1) is 6.92 Å². The van der Waals surface area contributed by atoms with E-state index in [4.69, 9.17) is 0 Å². The number of amides is 4. The molecule has 2 fully saturated rings. The summed E-state index contributed by atoms with van der Waals surface area (Å²) in [6, 6.07) is 1.75. The second kappa shape index (κ2) is 7.15. The maximum Gasteiger partial charge on any atom is 0.325 e. The van der Waals surface area contributed by atoms with Crippen molar-refractivity contribution in [3.05, 3.63) is 21.9 Å². The Kier molecular flexibility index (Phi) is 5.13. The Morgan fingerprint density at radius 2 is 2.08 bits per heavy atom. The fraction of sp³-hybridized carbons (Fsp3) is 0.611. The zero-order valence-electron chi connectivity index (χ0n) is 14.8. The molecule has 6 nitrogen and oxygen atoms in total. The third kappa shape index (κ3) is 3.56. The highest BCUT2D eigenvalue weighted by molar-refractivity contribution is 7.10. The Labute approximate surface area is 152 Å². The number of nitrogens with one attached hydrogen (secondary N) is 1. The number of thiophene rings is 1. The van der Waals surface area contributed by atoms with E-state index in [1.165, 1.54) is 15.3 Å². The zero-order valence-corrected chi connectivity index (χ0v) is 15.7. The third-order valence-electron chi connectivity index (χ3n) is 5.25. The molecule has 1 spiro atoms. The van der Waals surface area contributed by atoms with Gasteiger partial charge in [-0.3, -0.25) is 14.5 Å². The molecule has 2 aliphatic rings. The second-order valence-corrected chi connectivity index (χ2v) is 8.06. The van der Waals surface area contributed by atoms with Crippen LogP contribution in [0.15, 0.2) is 11.4 Å². The van der Waals surface area contributed by atoms with Gasteiger partial charge in [0, 0.05) is 24.9 Å². The van der Waals surface area contributed by atoms with E-state index in [0.717, 1.165) is 25.7 Å². The number of nitrogens with zero attached hydrogens (tertiary/aromatic N) is 2. The molecule has 0 bridgehead atoms. The summed E-state index contributed by atoms with van der Waals surface area (Å²) in [7, 11) is 1.79. The molecule has 4 amide bonds. The molecular weight excluding hydrogens is 338 g/mol.